The average Bonchev–Trinajstić information content (AvgIpc) is 2.90. The summed E-state index contributed by atoms with van der Waals surface area (Å²) in [5.41, 5.74) is 2.48. The maximum Gasteiger partial charge on any atom is 0.573 e. The molecule has 130 valence electrons. The smallest absolute Gasteiger partial charge is 0.406 e. The molecule has 1 aromatic heterocycles. The predicted molar refractivity (Wildman–Crippen MR) is 88.4 cm³/mol. The van der Waals surface area contributed by atoms with Crippen molar-refractivity contribution in [1.82, 2.24) is 9.99 Å². The number of nitrogens with zero attached hydrogens (tertiary/aromatic N) is 2. The fourth-order valence-corrected chi connectivity index (χ4v) is 3.93. The highest BCUT2D eigenvalue weighted by Crippen LogP contribution is 2.37. The number of fused-ring (bicyclic) bond motifs is 1. The van der Waals surface area contributed by atoms with E-state index in [4.69, 9.17) is 5.84 Å². The van der Waals surface area contributed by atoms with E-state index in [9.17, 15) is 13.2 Å². The van der Waals surface area contributed by atoms with Gasteiger partial charge >= 0.3 is 6.36 Å². The number of halogens is 3. The average molecular weight is 357 g/mol. The lowest BCUT2D eigenvalue weighted by Gasteiger charge is -2.13. The van der Waals surface area contributed by atoms with Crippen LogP contribution in [0, 0.1) is 0 Å². The van der Waals surface area contributed by atoms with E-state index >= 15 is 0 Å². The van der Waals surface area contributed by atoms with Gasteiger partial charge in [-0.1, -0.05) is 6.08 Å². The van der Waals surface area contributed by atoms with Gasteiger partial charge in [0, 0.05) is 13.6 Å². The number of thiazole rings is 1. The van der Waals surface area contributed by atoms with Crippen molar-refractivity contribution in [2.24, 2.45) is 5.84 Å². The molecule has 0 fully saturated rings. The first kappa shape index (κ1) is 17.2. The molecule has 2 N–H and O–H groups in total. The summed E-state index contributed by atoms with van der Waals surface area (Å²) in [7, 11) is 1.65. The molecule has 1 aromatic carbocycles. The molecule has 2 aromatic rings. The quantitative estimate of drug-likeness (QED) is 0.648. The van der Waals surface area contributed by atoms with Crippen LogP contribution in [-0.2, 0) is 6.54 Å². The van der Waals surface area contributed by atoms with Gasteiger partial charge in [-0.3, -0.25) is 5.84 Å². The number of hydrazine groups is 1. The lowest BCUT2D eigenvalue weighted by Crippen LogP contribution is -2.25. The molecule has 0 spiro atoms. The van der Waals surface area contributed by atoms with E-state index in [1.165, 1.54) is 40.5 Å². The number of rotatable bonds is 4. The van der Waals surface area contributed by atoms with Crippen LogP contribution in [0.2, 0.25) is 0 Å². The van der Waals surface area contributed by atoms with Crippen molar-refractivity contribution < 1.29 is 17.9 Å². The summed E-state index contributed by atoms with van der Waals surface area (Å²) in [4.78, 5) is 4.66. The minimum Gasteiger partial charge on any atom is -0.406 e. The van der Waals surface area contributed by atoms with Gasteiger partial charge in [-0.05, 0) is 49.0 Å². The van der Waals surface area contributed by atoms with Crippen LogP contribution in [-0.4, -0.2) is 23.4 Å². The molecule has 0 unspecified atom stereocenters. The predicted octanol–water partition coefficient (Wildman–Crippen LogP) is 4.46. The summed E-state index contributed by atoms with van der Waals surface area (Å²) in [5, 5.41) is 2.28. The molecule has 0 atom stereocenters. The normalized spacial score (nSPS) is 15.8. The second kappa shape index (κ2) is 6.70. The third kappa shape index (κ3) is 4.06. The van der Waals surface area contributed by atoms with E-state index < -0.39 is 6.36 Å². The third-order valence-electron chi connectivity index (χ3n) is 3.77. The van der Waals surface area contributed by atoms with Crippen molar-refractivity contribution in [2.45, 2.75) is 38.6 Å². The van der Waals surface area contributed by atoms with Gasteiger partial charge in [-0.25, -0.2) is 9.99 Å². The monoisotopic (exact) mass is 357 g/mol. The van der Waals surface area contributed by atoms with Gasteiger partial charge in [0.15, 0.2) is 0 Å². The van der Waals surface area contributed by atoms with E-state index in [0.717, 1.165) is 24.3 Å². The maximum absolute atomic E-state index is 12.6. The van der Waals surface area contributed by atoms with E-state index in [1.54, 1.807) is 7.05 Å². The van der Waals surface area contributed by atoms with Crippen LogP contribution < -0.4 is 10.6 Å². The Balaban J connectivity index is 2.05. The molecule has 24 heavy (non-hydrogen) atoms. The molecule has 4 nitrogen and oxygen atoms in total. The summed E-state index contributed by atoms with van der Waals surface area (Å²) in [6.07, 6.45) is 1.70. The van der Waals surface area contributed by atoms with E-state index in [2.05, 4.69) is 15.8 Å². The Morgan fingerprint density at radius 1 is 1.33 bits per heavy atom. The summed E-state index contributed by atoms with van der Waals surface area (Å²) < 4.78 is 42.4. The number of allylic oxidation sites excluding steroid dienone is 2. The highest BCUT2D eigenvalue weighted by atomic mass is 32.1. The number of aromatic nitrogens is 1. The zero-order chi connectivity index (χ0) is 17.3. The molecule has 0 radical (unpaired) electrons. The Morgan fingerprint density at radius 3 is 2.75 bits per heavy atom. The van der Waals surface area contributed by atoms with Gasteiger partial charge in [0.1, 0.15) is 10.8 Å². The molecule has 0 saturated carbocycles. The van der Waals surface area contributed by atoms with E-state index in [-0.39, 0.29) is 12.3 Å². The molecule has 0 saturated heterocycles. The van der Waals surface area contributed by atoms with Crippen molar-refractivity contribution in [3.63, 3.8) is 0 Å². The molecule has 8 heteroatoms. The Hall–Kier alpha value is -1.64. The van der Waals surface area contributed by atoms with Crippen LogP contribution in [0.15, 0.2) is 18.2 Å². The van der Waals surface area contributed by atoms with Crippen LogP contribution in [0.4, 0.5) is 13.2 Å². The second-order valence-corrected chi connectivity index (χ2v) is 6.92. The lowest BCUT2D eigenvalue weighted by atomic mass is 10.0. The minimum atomic E-state index is -4.72. The Kier molecular flexibility index (Phi) is 4.80. The fourth-order valence-electron chi connectivity index (χ4n) is 2.82. The third-order valence-corrected chi connectivity index (χ3v) is 4.84. The van der Waals surface area contributed by atoms with E-state index in [0.29, 0.717) is 15.8 Å². The van der Waals surface area contributed by atoms with Gasteiger partial charge in [0.2, 0.25) is 0 Å². The first-order valence-corrected chi connectivity index (χ1v) is 8.48. The maximum atomic E-state index is 12.6. The van der Waals surface area contributed by atoms with Crippen LogP contribution >= 0.6 is 11.3 Å². The molecule has 0 amide bonds. The van der Waals surface area contributed by atoms with Crippen LogP contribution in [0.1, 0.15) is 36.3 Å². The first-order valence-electron chi connectivity index (χ1n) is 7.66. The lowest BCUT2D eigenvalue weighted by molar-refractivity contribution is -0.274. The van der Waals surface area contributed by atoms with Crippen molar-refractivity contribution in [3.05, 3.63) is 28.8 Å². The number of hydrogen-bond donors (Lipinski definition) is 1. The number of hydrogen-bond acceptors (Lipinski definition) is 5. The summed E-state index contributed by atoms with van der Waals surface area (Å²) in [6, 6.07) is 2.76. The van der Waals surface area contributed by atoms with Gasteiger partial charge < -0.3 is 4.74 Å². The molecule has 0 aliphatic heterocycles. The Morgan fingerprint density at radius 2 is 2.12 bits per heavy atom. The second-order valence-electron chi connectivity index (χ2n) is 5.89. The molecule has 1 heterocycles. The van der Waals surface area contributed by atoms with Gasteiger partial charge in [0.05, 0.1) is 10.2 Å². The highest BCUT2D eigenvalue weighted by Gasteiger charge is 2.31. The number of benzene rings is 1. The number of ether oxygens (including phenoxy) is 1. The van der Waals surface area contributed by atoms with Crippen molar-refractivity contribution in [2.75, 3.05) is 7.05 Å². The molecule has 1 aliphatic carbocycles. The Bertz CT molecular complexity index is 768. The number of nitrogens with two attached hydrogens (primary N) is 1. The zero-order valence-electron chi connectivity index (χ0n) is 13.2. The Labute approximate surface area is 141 Å². The first-order chi connectivity index (χ1) is 11.3. The van der Waals surface area contributed by atoms with Crippen LogP contribution in [0.25, 0.3) is 15.8 Å². The van der Waals surface area contributed by atoms with E-state index in [1.807, 2.05) is 0 Å². The SMILES string of the molecule is CN(N)Cc1cc(OC(F)(F)F)cc2sc(C3=CCCCC3)nc12. The largest absolute Gasteiger partial charge is 0.573 e. The standard InChI is InChI=1S/C16H18F3N3OS/c1-22(20)9-11-7-12(23-16(17,18)19)8-13-14(11)21-15(24-13)10-5-3-2-4-6-10/h5,7-8H,2-4,6,9,20H2,1H3. The molecular formula is C16H18F3N3OS. The molecule has 3 rings (SSSR count). The van der Waals surface area contributed by atoms with Crippen molar-refractivity contribution in [1.29, 1.82) is 0 Å². The zero-order valence-corrected chi connectivity index (χ0v) is 14.0. The number of alkyl halides is 3. The summed E-state index contributed by atoms with van der Waals surface area (Å²) in [6.45, 7) is 0.285. The van der Waals surface area contributed by atoms with Crippen molar-refractivity contribution in [3.8, 4) is 5.75 Å². The molecule has 0 bridgehead atoms. The van der Waals surface area contributed by atoms with Gasteiger partial charge in [-0.15, -0.1) is 24.5 Å². The minimum absolute atomic E-state index is 0.236. The van der Waals surface area contributed by atoms with Crippen molar-refractivity contribution >= 4 is 27.1 Å². The summed E-state index contributed by atoms with van der Waals surface area (Å²) >= 11 is 1.40. The molecular weight excluding hydrogens is 339 g/mol. The summed E-state index contributed by atoms with van der Waals surface area (Å²) in [5.74, 6) is 5.44. The topological polar surface area (TPSA) is 51.4 Å². The van der Waals surface area contributed by atoms with Crippen LogP contribution in [0.5, 0.6) is 5.75 Å². The van der Waals surface area contributed by atoms with Crippen LogP contribution in [0.3, 0.4) is 0 Å². The van der Waals surface area contributed by atoms with Gasteiger partial charge in [0.25, 0.3) is 0 Å². The van der Waals surface area contributed by atoms with Gasteiger partial charge in [-0.2, -0.15) is 0 Å². The highest BCUT2D eigenvalue weighted by molar-refractivity contribution is 7.19. The molecule has 1 aliphatic rings. The fraction of sp³-hybridized carbons (Fsp3) is 0.438.